The van der Waals surface area contributed by atoms with Crippen molar-refractivity contribution < 1.29 is 4.74 Å². The Kier molecular flexibility index (Phi) is 5.60. The largest absolute Gasteiger partial charge is 0.367 e. The number of hydrogen-bond donors (Lipinski definition) is 1. The average Bonchev–Trinajstić information content (AvgIpc) is 2.41. The molecule has 0 bridgehead atoms. The lowest BCUT2D eigenvalue weighted by molar-refractivity contribution is -0.0883. The van der Waals surface area contributed by atoms with E-state index in [9.17, 15) is 0 Å². The van der Waals surface area contributed by atoms with Gasteiger partial charge >= 0.3 is 0 Å². The number of nitrogens with one attached hydrogen (secondary N) is 1. The van der Waals surface area contributed by atoms with Gasteiger partial charge in [0.2, 0.25) is 0 Å². The highest BCUT2D eigenvalue weighted by Crippen LogP contribution is 2.42. The lowest BCUT2D eigenvalue weighted by atomic mass is 9.78. The number of rotatable bonds is 4. The van der Waals surface area contributed by atoms with E-state index in [1.165, 1.54) is 12.8 Å². The van der Waals surface area contributed by atoms with Crippen LogP contribution in [0.25, 0.3) is 0 Å². The van der Waals surface area contributed by atoms with Crippen molar-refractivity contribution in [3.8, 4) is 0 Å². The van der Waals surface area contributed by atoms with Gasteiger partial charge in [-0.15, -0.1) is 0 Å². The Balaban J connectivity index is 2.53. The Morgan fingerprint density at radius 2 is 2.24 bits per heavy atom. The first kappa shape index (κ1) is 17.1. The van der Waals surface area contributed by atoms with E-state index in [2.05, 4.69) is 53.6 Å². The molecule has 0 saturated heterocycles. The van der Waals surface area contributed by atoms with Crippen LogP contribution in [0.3, 0.4) is 0 Å². The van der Waals surface area contributed by atoms with Crippen molar-refractivity contribution >= 4 is 28.1 Å². The molecule has 1 aromatic heterocycles. The predicted molar refractivity (Wildman–Crippen MR) is 92.1 cm³/mol. The van der Waals surface area contributed by atoms with Gasteiger partial charge in [0.1, 0.15) is 16.1 Å². The minimum atomic E-state index is -0.301. The molecule has 1 N–H and O–H groups in total. The van der Waals surface area contributed by atoms with Gasteiger partial charge < -0.3 is 9.72 Å². The highest BCUT2D eigenvalue weighted by Gasteiger charge is 2.40. The summed E-state index contributed by atoms with van der Waals surface area (Å²) in [5, 5.41) is 0. The van der Waals surface area contributed by atoms with Gasteiger partial charge in [-0.2, -0.15) is 0 Å². The summed E-state index contributed by atoms with van der Waals surface area (Å²) in [7, 11) is 0. The molecule has 3 nitrogen and oxygen atoms in total. The standard InChI is InChI=1S/C16H25BrN2OS/c1-5-20-16(8-6-7-11(4)9-16)15-18-13(10(2)3)12(17)14(21)19-15/h10-11H,5-9H2,1-4H3,(H,18,19,21). The molecule has 2 rings (SSSR count). The van der Waals surface area contributed by atoms with E-state index in [-0.39, 0.29) is 5.60 Å². The van der Waals surface area contributed by atoms with Crippen LogP contribution in [0.1, 0.15) is 70.8 Å². The summed E-state index contributed by atoms with van der Waals surface area (Å²) in [4.78, 5) is 8.17. The number of H-pyrrole nitrogens is 1. The molecule has 1 aliphatic carbocycles. The Labute approximate surface area is 141 Å². The van der Waals surface area contributed by atoms with Crippen molar-refractivity contribution in [1.82, 2.24) is 9.97 Å². The summed E-state index contributed by atoms with van der Waals surface area (Å²) in [6.07, 6.45) is 4.47. The molecule has 0 amide bonds. The van der Waals surface area contributed by atoms with E-state index >= 15 is 0 Å². The molecular weight excluding hydrogens is 348 g/mol. The first-order valence-corrected chi connectivity index (χ1v) is 9.04. The molecule has 5 heteroatoms. The number of halogens is 1. The molecule has 2 unspecified atom stereocenters. The monoisotopic (exact) mass is 372 g/mol. The van der Waals surface area contributed by atoms with Crippen molar-refractivity contribution in [2.24, 2.45) is 5.92 Å². The van der Waals surface area contributed by atoms with Crippen LogP contribution >= 0.6 is 28.1 Å². The van der Waals surface area contributed by atoms with Crippen LogP contribution in [-0.2, 0) is 10.3 Å². The molecule has 1 fully saturated rings. The first-order chi connectivity index (χ1) is 9.89. The van der Waals surface area contributed by atoms with Gasteiger partial charge in [-0.25, -0.2) is 4.98 Å². The van der Waals surface area contributed by atoms with Crippen LogP contribution < -0.4 is 0 Å². The van der Waals surface area contributed by atoms with Crippen LogP contribution in [0.4, 0.5) is 0 Å². The van der Waals surface area contributed by atoms with Crippen molar-refractivity contribution in [2.45, 2.75) is 64.9 Å². The zero-order valence-corrected chi connectivity index (χ0v) is 15.7. The minimum Gasteiger partial charge on any atom is -0.367 e. The van der Waals surface area contributed by atoms with Crippen LogP contribution in [0.2, 0.25) is 0 Å². The molecule has 2 atom stereocenters. The Bertz CT molecular complexity index is 554. The average molecular weight is 373 g/mol. The fourth-order valence-electron chi connectivity index (χ4n) is 3.28. The lowest BCUT2D eigenvalue weighted by Gasteiger charge is -2.39. The molecular formula is C16H25BrN2OS. The van der Waals surface area contributed by atoms with Crippen LogP contribution in [0.15, 0.2) is 4.47 Å². The van der Waals surface area contributed by atoms with E-state index in [1.54, 1.807) is 0 Å². The van der Waals surface area contributed by atoms with Crippen molar-refractivity contribution in [2.75, 3.05) is 6.61 Å². The van der Waals surface area contributed by atoms with Crippen molar-refractivity contribution in [3.63, 3.8) is 0 Å². The molecule has 118 valence electrons. The summed E-state index contributed by atoms with van der Waals surface area (Å²) < 4.78 is 7.74. The highest BCUT2D eigenvalue weighted by molar-refractivity contribution is 9.10. The van der Waals surface area contributed by atoms with Crippen LogP contribution in [0, 0.1) is 10.6 Å². The molecule has 21 heavy (non-hydrogen) atoms. The molecule has 0 aliphatic heterocycles. The fraction of sp³-hybridized carbons (Fsp3) is 0.750. The van der Waals surface area contributed by atoms with Crippen molar-refractivity contribution in [3.05, 3.63) is 20.6 Å². The smallest absolute Gasteiger partial charge is 0.144 e. The fourth-order valence-corrected chi connectivity index (χ4v) is 4.13. The number of aromatic nitrogens is 2. The number of ether oxygens (including phenoxy) is 1. The molecule has 1 aliphatic rings. The van der Waals surface area contributed by atoms with Gasteiger partial charge in [0.25, 0.3) is 0 Å². The third-order valence-electron chi connectivity index (χ3n) is 4.28. The SMILES string of the molecule is CCOC1(c2nc(=S)c(Br)c(C(C)C)[nH]2)CCCC(C)C1. The number of hydrogen-bond acceptors (Lipinski definition) is 3. The lowest BCUT2D eigenvalue weighted by Crippen LogP contribution is -2.37. The van der Waals surface area contributed by atoms with E-state index in [0.29, 0.717) is 23.1 Å². The molecule has 0 radical (unpaired) electrons. The maximum atomic E-state index is 6.20. The number of aromatic amines is 1. The quantitative estimate of drug-likeness (QED) is 0.712. The molecule has 1 saturated carbocycles. The molecule has 1 aromatic rings. The van der Waals surface area contributed by atoms with E-state index in [4.69, 9.17) is 17.0 Å². The molecule has 0 aromatic carbocycles. The van der Waals surface area contributed by atoms with Crippen LogP contribution in [-0.4, -0.2) is 16.6 Å². The molecule has 0 spiro atoms. The number of nitrogens with zero attached hydrogens (tertiary/aromatic N) is 1. The topological polar surface area (TPSA) is 37.9 Å². The minimum absolute atomic E-state index is 0.301. The second-order valence-electron chi connectivity index (χ2n) is 6.40. The maximum absolute atomic E-state index is 6.20. The van der Waals surface area contributed by atoms with Gasteiger partial charge in [-0.1, -0.05) is 39.4 Å². The van der Waals surface area contributed by atoms with E-state index in [0.717, 1.165) is 28.8 Å². The Hall–Kier alpha value is -0.260. The second-order valence-corrected chi connectivity index (χ2v) is 7.58. The summed E-state index contributed by atoms with van der Waals surface area (Å²) in [5.74, 6) is 1.93. The molecule has 1 heterocycles. The van der Waals surface area contributed by atoms with Gasteiger partial charge in [-0.3, -0.25) is 0 Å². The van der Waals surface area contributed by atoms with Gasteiger partial charge in [0.15, 0.2) is 0 Å². The maximum Gasteiger partial charge on any atom is 0.144 e. The second kappa shape index (κ2) is 6.88. The third kappa shape index (κ3) is 3.57. The Morgan fingerprint density at radius 1 is 1.52 bits per heavy atom. The third-order valence-corrected chi connectivity index (χ3v) is 5.64. The van der Waals surface area contributed by atoms with E-state index < -0.39 is 0 Å². The summed E-state index contributed by atoms with van der Waals surface area (Å²) in [6.45, 7) is 9.36. The van der Waals surface area contributed by atoms with Gasteiger partial charge in [-0.05, 0) is 54.0 Å². The van der Waals surface area contributed by atoms with Crippen molar-refractivity contribution in [1.29, 1.82) is 0 Å². The van der Waals surface area contributed by atoms with Crippen LogP contribution in [0.5, 0.6) is 0 Å². The first-order valence-electron chi connectivity index (χ1n) is 7.83. The summed E-state index contributed by atoms with van der Waals surface area (Å²) in [6, 6.07) is 0. The summed E-state index contributed by atoms with van der Waals surface area (Å²) in [5.41, 5.74) is 0.812. The highest BCUT2D eigenvalue weighted by atomic mass is 79.9. The Morgan fingerprint density at radius 3 is 2.81 bits per heavy atom. The van der Waals surface area contributed by atoms with Gasteiger partial charge in [0, 0.05) is 12.3 Å². The summed E-state index contributed by atoms with van der Waals surface area (Å²) >= 11 is 9.02. The zero-order valence-electron chi connectivity index (χ0n) is 13.3. The van der Waals surface area contributed by atoms with Gasteiger partial charge in [0.05, 0.1) is 4.47 Å². The normalized spacial score (nSPS) is 26.3. The predicted octanol–water partition coefficient (Wildman–Crippen LogP) is 5.47. The zero-order chi connectivity index (χ0) is 15.6. The van der Waals surface area contributed by atoms with E-state index in [1.807, 2.05) is 0 Å².